The number of cyclic esters (lactones) is 1. The molecular weight excluding hydrogens is 562 g/mol. The zero-order valence-corrected chi connectivity index (χ0v) is 25.6. The van der Waals surface area contributed by atoms with E-state index in [0.717, 1.165) is 31.2 Å². The summed E-state index contributed by atoms with van der Waals surface area (Å²) < 4.78 is 12.9. The molecule has 1 spiro atoms. The van der Waals surface area contributed by atoms with Gasteiger partial charge in [0.15, 0.2) is 0 Å². The molecule has 0 aliphatic carbocycles. The Morgan fingerprint density at radius 1 is 0.977 bits per heavy atom. The number of rotatable bonds is 10. The Morgan fingerprint density at radius 3 is 2.55 bits per heavy atom. The molecule has 1 aromatic carbocycles. The number of nitrogens with one attached hydrogen (secondary N) is 1. The fourth-order valence-electron chi connectivity index (χ4n) is 6.99. The Bertz CT molecular complexity index is 1250. The lowest BCUT2D eigenvalue weighted by molar-refractivity contribution is -0.160. The van der Waals surface area contributed by atoms with E-state index in [1.807, 2.05) is 48.6 Å². The number of nitrogens with zero attached hydrogens (tertiary/aromatic N) is 2. The Hall–Kier alpha value is -3.50. The number of esters is 1. The van der Waals surface area contributed by atoms with Gasteiger partial charge in [-0.15, -0.1) is 0 Å². The second-order valence-electron chi connectivity index (χ2n) is 12.2. The molecule has 10 nitrogen and oxygen atoms in total. The van der Waals surface area contributed by atoms with Crippen LogP contribution in [0.1, 0.15) is 70.0 Å². The number of hydrogen-bond acceptors (Lipinski definition) is 7. The molecule has 1 aromatic rings. The van der Waals surface area contributed by atoms with Crippen LogP contribution in [0.4, 0.5) is 0 Å². The second kappa shape index (κ2) is 14.5. The fraction of sp³-hybridized carbons (Fsp3) is 0.588. The van der Waals surface area contributed by atoms with Gasteiger partial charge in [0.25, 0.3) is 0 Å². The molecule has 0 unspecified atom stereocenters. The van der Waals surface area contributed by atoms with Gasteiger partial charge in [-0.05, 0) is 31.2 Å². The van der Waals surface area contributed by atoms with Crippen LogP contribution in [-0.2, 0) is 28.7 Å². The van der Waals surface area contributed by atoms with Crippen LogP contribution in [0, 0.1) is 11.8 Å². The van der Waals surface area contributed by atoms with Crippen molar-refractivity contribution in [2.45, 2.75) is 82.1 Å². The predicted molar refractivity (Wildman–Crippen MR) is 163 cm³/mol. The highest BCUT2D eigenvalue weighted by Gasteiger charge is 2.71. The van der Waals surface area contributed by atoms with E-state index in [4.69, 9.17) is 9.47 Å². The quantitative estimate of drug-likeness (QED) is 0.238. The zero-order chi connectivity index (χ0) is 31.1. The van der Waals surface area contributed by atoms with E-state index in [-0.39, 0.29) is 37.3 Å². The molecule has 10 heteroatoms. The largest absolute Gasteiger partial charge is 0.455 e. The third-order valence-electron chi connectivity index (χ3n) is 9.22. The number of aliphatic hydroxyl groups is 1. The highest BCUT2D eigenvalue weighted by atomic mass is 16.6. The third-order valence-corrected chi connectivity index (χ3v) is 9.22. The summed E-state index contributed by atoms with van der Waals surface area (Å²) in [6.45, 7) is 3.64. The van der Waals surface area contributed by atoms with Crippen molar-refractivity contribution in [1.82, 2.24) is 15.1 Å². The lowest BCUT2D eigenvalue weighted by atomic mass is 9.78. The van der Waals surface area contributed by atoms with Crippen LogP contribution in [0.5, 0.6) is 0 Å². The predicted octanol–water partition coefficient (Wildman–Crippen LogP) is 3.07. The zero-order valence-electron chi connectivity index (χ0n) is 25.6. The molecule has 6 atom stereocenters. The third kappa shape index (κ3) is 6.47. The summed E-state index contributed by atoms with van der Waals surface area (Å²) >= 11 is 0. The normalized spacial score (nSPS) is 31.3. The molecule has 5 rings (SSSR count). The molecule has 4 aliphatic heterocycles. The van der Waals surface area contributed by atoms with Crippen LogP contribution in [0.3, 0.4) is 0 Å². The molecule has 0 radical (unpaired) electrons. The lowest BCUT2D eigenvalue weighted by Crippen LogP contribution is -2.55. The van der Waals surface area contributed by atoms with Crippen molar-refractivity contribution in [2.24, 2.45) is 11.8 Å². The molecule has 4 aliphatic rings. The van der Waals surface area contributed by atoms with Crippen molar-refractivity contribution in [3.8, 4) is 0 Å². The van der Waals surface area contributed by atoms with E-state index in [1.165, 1.54) is 0 Å². The number of fused-ring (bicyclic) bond motifs is 2. The van der Waals surface area contributed by atoms with Gasteiger partial charge in [0.2, 0.25) is 17.7 Å². The van der Waals surface area contributed by atoms with E-state index in [1.54, 1.807) is 15.9 Å². The number of aliphatic hydroxyl groups excluding tert-OH is 1. The number of amides is 3. The minimum Gasteiger partial charge on any atom is -0.455 e. The Kier molecular flexibility index (Phi) is 10.5. The van der Waals surface area contributed by atoms with E-state index >= 15 is 0 Å². The van der Waals surface area contributed by atoms with Crippen LogP contribution in [0.15, 0.2) is 54.6 Å². The number of unbranched alkanes of at least 4 members (excludes halogenated alkanes) is 4. The maximum atomic E-state index is 14.4. The number of ether oxygens (including phenoxy) is 2. The standard InChI is InChI=1S/C34H45N3O7/c1-2-3-19-36-20-13-18-34-29(31(40)37(30(34)32(36)41)21-11-4-5-12-22-38)28-25(44-34)16-9-10-17-27(39)35-23-26(43-33(28)42)24-14-7-6-8-15-24/h6-9,13-16,18,25-26,28-30,38H,2-5,10-12,17,19-23H2,1H3,(H,35,39)/b16-9-/t25-,26+,28+,29+,30-,34+/m1/s1. The molecule has 2 N–H and O–H groups in total. The van der Waals surface area contributed by atoms with Crippen LogP contribution in [0.2, 0.25) is 0 Å². The summed E-state index contributed by atoms with van der Waals surface area (Å²) in [5, 5.41) is 12.1. The summed E-state index contributed by atoms with van der Waals surface area (Å²) in [5.41, 5.74) is -0.592. The highest BCUT2D eigenvalue weighted by Crippen LogP contribution is 2.53. The summed E-state index contributed by atoms with van der Waals surface area (Å²) in [4.78, 5) is 58.8. The molecule has 44 heavy (non-hydrogen) atoms. The number of carbonyl (C=O) groups excluding carboxylic acids is 4. The van der Waals surface area contributed by atoms with Gasteiger partial charge >= 0.3 is 5.97 Å². The number of benzene rings is 1. The minimum atomic E-state index is -1.32. The second-order valence-corrected chi connectivity index (χ2v) is 12.2. The Balaban J connectivity index is 1.52. The molecule has 2 saturated heterocycles. The summed E-state index contributed by atoms with van der Waals surface area (Å²) in [7, 11) is 0. The van der Waals surface area contributed by atoms with E-state index in [2.05, 4.69) is 12.2 Å². The smallest absolute Gasteiger partial charge is 0.313 e. The topological polar surface area (TPSA) is 125 Å². The average Bonchev–Trinajstić information content (AvgIpc) is 3.41. The van der Waals surface area contributed by atoms with Crippen molar-refractivity contribution in [1.29, 1.82) is 0 Å². The highest BCUT2D eigenvalue weighted by molar-refractivity contribution is 5.99. The number of carbonyl (C=O) groups is 4. The average molecular weight is 608 g/mol. The monoisotopic (exact) mass is 607 g/mol. The van der Waals surface area contributed by atoms with Crippen molar-refractivity contribution in [3.63, 3.8) is 0 Å². The fourth-order valence-corrected chi connectivity index (χ4v) is 6.99. The van der Waals surface area contributed by atoms with Crippen molar-refractivity contribution in [2.75, 3.05) is 32.8 Å². The van der Waals surface area contributed by atoms with E-state index in [0.29, 0.717) is 38.9 Å². The Morgan fingerprint density at radius 2 is 1.77 bits per heavy atom. The first-order valence-electron chi connectivity index (χ1n) is 16.2. The van der Waals surface area contributed by atoms with Gasteiger partial charge in [-0.3, -0.25) is 19.2 Å². The van der Waals surface area contributed by atoms with Crippen LogP contribution in [0.25, 0.3) is 0 Å². The van der Waals surface area contributed by atoms with Crippen LogP contribution in [-0.4, -0.2) is 89.1 Å². The van der Waals surface area contributed by atoms with Gasteiger partial charge in [-0.1, -0.05) is 80.8 Å². The van der Waals surface area contributed by atoms with E-state index < -0.39 is 41.7 Å². The van der Waals surface area contributed by atoms with Gasteiger partial charge in [0.05, 0.1) is 18.6 Å². The van der Waals surface area contributed by atoms with Crippen molar-refractivity contribution in [3.05, 3.63) is 60.2 Å². The molecule has 2 fully saturated rings. The maximum absolute atomic E-state index is 14.4. The van der Waals surface area contributed by atoms with Crippen LogP contribution < -0.4 is 5.32 Å². The molecule has 0 bridgehead atoms. The van der Waals surface area contributed by atoms with Crippen molar-refractivity contribution < 1.29 is 33.8 Å². The SMILES string of the molecule is CCCCN1CC=C[C@]23O[C@@H]4/C=C\CCC(=O)NC[C@@H](c5ccccc5)OC(=O)[C@@H]4[C@H]2C(=O)N(CCCCCCO)[C@@H]3C1=O. The summed E-state index contributed by atoms with van der Waals surface area (Å²) in [6, 6.07) is 8.33. The molecule has 0 aromatic heterocycles. The number of hydrogen-bond donors (Lipinski definition) is 2. The van der Waals surface area contributed by atoms with Gasteiger partial charge in [0.1, 0.15) is 23.7 Å². The first kappa shape index (κ1) is 31.9. The lowest BCUT2D eigenvalue weighted by Gasteiger charge is -2.35. The molecule has 4 heterocycles. The summed E-state index contributed by atoms with van der Waals surface area (Å²) in [6.07, 6.45) is 11.2. The van der Waals surface area contributed by atoms with Crippen LogP contribution >= 0.6 is 0 Å². The summed E-state index contributed by atoms with van der Waals surface area (Å²) in [5.74, 6) is -3.09. The molecule has 3 amide bonds. The van der Waals surface area contributed by atoms with Gasteiger partial charge in [-0.2, -0.15) is 0 Å². The first-order chi connectivity index (χ1) is 21.4. The number of allylic oxidation sites excluding steroid dienone is 1. The van der Waals surface area contributed by atoms with Gasteiger partial charge in [0, 0.05) is 32.7 Å². The maximum Gasteiger partial charge on any atom is 0.313 e. The Labute approximate surface area is 259 Å². The first-order valence-corrected chi connectivity index (χ1v) is 16.2. The molecule has 0 saturated carbocycles. The van der Waals surface area contributed by atoms with Crippen molar-refractivity contribution >= 4 is 23.7 Å². The minimum absolute atomic E-state index is 0.105. The van der Waals surface area contributed by atoms with Gasteiger partial charge in [-0.25, -0.2) is 0 Å². The molecule has 238 valence electrons. The molecular formula is C34H45N3O7. The van der Waals surface area contributed by atoms with Gasteiger partial charge < -0.3 is 29.7 Å². The van der Waals surface area contributed by atoms with E-state index in [9.17, 15) is 24.3 Å². The number of likely N-dealkylation sites (tertiary alicyclic amines) is 1.